The second-order valence-corrected chi connectivity index (χ2v) is 5.09. The number of carbonyl (C=O) groups is 1. The summed E-state index contributed by atoms with van der Waals surface area (Å²) >= 11 is 0. The molecule has 4 nitrogen and oxygen atoms in total. The molecular formula is C18H18O4. The van der Waals surface area contributed by atoms with Crippen molar-refractivity contribution in [2.75, 3.05) is 7.11 Å². The van der Waals surface area contributed by atoms with Crippen LogP contribution in [0, 0.1) is 20.8 Å². The van der Waals surface area contributed by atoms with Gasteiger partial charge in [0.25, 0.3) is 0 Å². The van der Waals surface area contributed by atoms with E-state index in [2.05, 4.69) is 0 Å². The number of benzene rings is 1. The number of ether oxygens (including phenoxy) is 1. The van der Waals surface area contributed by atoms with Gasteiger partial charge in [0.2, 0.25) is 0 Å². The number of carbonyl (C=O) groups excluding carboxylic acids is 1. The molecule has 0 aliphatic carbocycles. The third-order valence-electron chi connectivity index (χ3n) is 3.47. The van der Waals surface area contributed by atoms with Crippen molar-refractivity contribution in [3.63, 3.8) is 0 Å². The van der Waals surface area contributed by atoms with Crippen LogP contribution in [0.3, 0.4) is 0 Å². The minimum Gasteiger partial charge on any atom is -0.495 e. The third kappa shape index (κ3) is 3.17. The van der Waals surface area contributed by atoms with Crippen LogP contribution in [-0.4, -0.2) is 12.9 Å². The molecule has 0 amide bonds. The molecule has 0 aliphatic heterocycles. The van der Waals surface area contributed by atoms with Crippen molar-refractivity contribution < 1.29 is 13.9 Å². The van der Waals surface area contributed by atoms with Gasteiger partial charge in [-0.15, -0.1) is 0 Å². The Hall–Kier alpha value is -2.62. The van der Waals surface area contributed by atoms with E-state index >= 15 is 0 Å². The van der Waals surface area contributed by atoms with Crippen LogP contribution in [0.1, 0.15) is 32.8 Å². The zero-order valence-electron chi connectivity index (χ0n) is 13.1. The molecule has 0 radical (unpaired) electrons. The molecule has 114 valence electrons. The van der Waals surface area contributed by atoms with Crippen molar-refractivity contribution >= 4 is 11.9 Å². The summed E-state index contributed by atoms with van der Waals surface area (Å²) in [7, 11) is 1.43. The first-order valence-corrected chi connectivity index (χ1v) is 6.91. The van der Waals surface area contributed by atoms with E-state index in [1.165, 1.54) is 13.2 Å². The number of allylic oxidation sites excluding steroid dienone is 1. The van der Waals surface area contributed by atoms with Gasteiger partial charge in [0.15, 0.2) is 5.78 Å². The highest BCUT2D eigenvalue weighted by Crippen LogP contribution is 2.24. The Morgan fingerprint density at radius 1 is 1.23 bits per heavy atom. The molecule has 1 heterocycles. The molecule has 1 aromatic heterocycles. The van der Waals surface area contributed by atoms with Crippen molar-refractivity contribution in [3.05, 3.63) is 68.8 Å². The summed E-state index contributed by atoms with van der Waals surface area (Å²) in [6.45, 7) is 5.38. The van der Waals surface area contributed by atoms with Gasteiger partial charge in [-0.3, -0.25) is 4.79 Å². The quantitative estimate of drug-likeness (QED) is 0.640. The highest BCUT2D eigenvalue weighted by atomic mass is 16.5. The Morgan fingerprint density at radius 3 is 2.59 bits per heavy atom. The highest BCUT2D eigenvalue weighted by Gasteiger charge is 2.20. The minimum absolute atomic E-state index is 0.0745. The lowest BCUT2D eigenvalue weighted by Crippen LogP contribution is -2.16. The number of ketones is 1. The van der Waals surface area contributed by atoms with Gasteiger partial charge in [0.1, 0.15) is 17.1 Å². The summed E-state index contributed by atoms with van der Waals surface area (Å²) in [6.07, 6.45) is 3.03. The van der Waals surface area contributed by atoms with E-state index in [0.29, 0.717) is 11.3 Å². The molecule has 0 saturated carbocycles. The van der Waals surface area contributed by atoms with Gasteiger partial charge in [-0.1, -0.05) is 35.9 Å². The molecule has 2 rings (SSSR count). The van der Waals surface area contributed by atoms with E-state index in [0.717, 1.165) is 11.1 Å². The van der Waals surface area contributed by atoms with Gasteiger partial charge in [0, 0.05) is 5.56 Å². The van der Waals surface area contributed by atoms with Crippen LogP contribution in [0.15, 0.2) is 39.6 Å². The Kier molecular flexibility index (Phi) is 4.61. The van der Waals surface area contributed by atoms with Gasteiger partial charge < -0.3 is 9.15 Å². The summed E-state index contributed by atoms with van der Waals surface area (Å²) in [6, 6.07) is 7.71. The first-order valence-electron chi connectivity index (χ1n) is 6.91. The summed E-state index contributed by atoms with van der Waals surface area (Å²) in [5.41, 5.74) is 1.88. The zero-order valence-corrected chi connectivity index (χ0v) is 13.1. The van der Waals surface area contributed by atoms with Crippen LogP contribution in [0.2, 0.25) is 0 Å². The van der Waals surface area contributed by atoms with E-state index in [4.69, 9.17) is 9.15 Å². The van der Waals surface area contributed by atoms with Crippen molar-refractivity contribution in [1.82, 2.24) is 0 Å². The molecule has 0 bridgehead atoms. The highest BCUT2D eigenvalue weighted by molar-refractivity contribution is 6.08. The fourth-order valence-electron chi connectivity index (χ4n) is 2.20. The summed E-state index contributed by atoms with van der Waals surface area (Å²) in [5.74, 6) is 0.281. The number of methoxy groups -OCH3 is 1. The van der Waals surface area contributed by atoms with Crippen LogP contribution in [0.5, 0.6) is 5.75 Å². The average molecular weight is 298 g/mol. The van der Waals surface area contributed by atoms with Gasteiger partial charge in [-0.05, 0) is 32.4 Å². The molecule has 0 fully saturated rings. The fourth-order valence-corrected chi connectivity index (χ4v) is 2.20. The molecule has 0 spiro atoms. The standard InChI is InChI=1S/C18H18O4/c1-11-6-5-7-14(10-11)8-9-15(19)16-17(21-4)12(2)13(3)22-18(16)20/h5-10H,1-4H3. The summed E-state index contributed by atoms with van der Waals surface area (Å²) < 4.78 is 10.3. The number of rotatable bonds is 4. The van der Waals surface area contributed by atoms with E-state index in [1.54, 1.807) is 19.9 Å². The van der Waals surface area contributed by atoms with E-state index in [-0.39, 0.29) is 11.3 Å². The van der Waals surface area contributed by atoms with Gasteiger partial charge in [-0.2, -0.15) is 0 Å². The van der Waals surface area contributed by atoms with Crippen LogP contribution < -0.4 is 10.4 Å². The maximum atomic E-state index is 12.3. The third-order valence-corrected chi connectivity index (χ3v) is 3.47. The van der Waals surface area contributed by atoms with Crippen LogP contribution >= 0.6 is 0 Å². The first-order chi connectivity index (χ1) is 10.4. The summed E-state index contributed by atoms with van der Waals surface area (Å²) in [5, 5.41) is 0. The van der Waals surface area contributed by atoms with E-state index in [1.807, 2.05) is 31.2 Å². The topological polar surface area (TPSA) is 56.5 Å². The molecule has 0 N–H and O–H groups in total. The van der Waals surface area contributed by atoms with Crippen LogP contribution in [0.25, 0.3) is 6.08 Å². The SMILES string of the molecule is COc1c(C)c(C)oc(=O)c1C(=O)C=Cc1cccc(C)c1. The molecule has 1 aromatic carbocycles. The van der Waals surface area contributed by atoms with Gasteiger partial charge in [-0.25, -0.2) is 4.79 Å². The molecule has 2 aromatic rings. The molecule has 22 heavy (non-hydrogen) atoms. The Labute approximate surface area is 129 Å². The molecule has 0 saturated heterocycles. The molecule has 0 aliphatic rings. The van der Waals surface area contributed by atoms with Crippen molar-refractivity contribution in [2.45, 2.75) is 20.8 Å². The minimum atomic E-state index is -0.682. The van der Waals surface area contributed by atoms with Crippen molar-refractivity contribution in [2.24, 2.45) is 0 Å². The van der Waals surface area contributed by atoms with E-state index in [9.17, 15) is 9.59 Å². The normalized spacial score (nSPS) is 10.9. The predicted molar refractivity (Wildman–Crippen MR) is 85.5 cm³/mol. The first kappa shape index (κ1) is 15.8. The second kappa shape index (κ2) is 6.43. The van der Waals surface area contributed by atoms with Crippen molar-refractivity contribution in [3.8, 4) is 5.75 Å². The lowest BCUT2D eigenvalue weighted by atomic mass is 10.1. The van der Waals surface area contributed by atoms with Gasteiger partial charge >= 0.3 is 5.63 Å². The lowest BCUT2D eigenvalue weighted by molar-refractivity contribution is 0.104. The number of aryl methyl sites for hydroxylation is 2. The number of hydrogen-bond acceptors (Lipinski definition) is 4. The van der Waals surface area contributed by atoms with E-state index < -0.39 is 11.4 Å². The predicted octanol–water partition coefficient (Wildman–Crippen LogP) is 3.47. The van der Waals surface area contributed by atoms with Crippen molar-refractivity contribution in [1.29, 1.82) is 0 Å². The lowest BCUT2D eigenvalue weighted by Gasteiger charge is -2.09. The Morgan fingerprint density at radius 2 is 1.95 bits per heavy atom. The zero-order chi connectivity index (χ0) is 16.3. The Bertz CT molecular complexity index is 797. The smallest absolute Gasteiger partial charge is 0.351 e. The van der Waals surface area contributed by atoms with Gasteiger partial charge in [0.05, 0.1) is 7.11 Å². The maximum absolute atomic E-state index is 12.3. The molecule has 4 heteroatoms. The monoisotopic (exact) mass is 298 g/mol. The molecule has 0 unspecified atom stereocenters. The Balaban J connectivity index is 2.42. The fraction of sp³-hybridized carbons (Fsp3) is 0.222. The summed E-state index contributed by atoms with van der Waals surface area (Å²) in [4.78, 5) is 24.3. The molecular weight excluding hydrogens is 280 g/mol. The maximum Gasteiger partial charge on any atom is 0.351 e. The van der Waals surface area contributed by atoms with Crippen LogP contribution in [0.4, 0.5) is 0 Å². The van der Waals surface area contributed by atoms with Crippen LogP contribution in [-0.2, 0) is 0 Å². The second-order valence-electron chi connectivity index (χ2n) is 5.09. The average Bonchev–Trinajstić information content (AvgIpc) is 2.48. The number of hydrogen-bond donors (Lipinski definition) is 0. The molecule has 0 atom stereocenters. The largest absolute Gasteiger partial charge is 0.495 e.